The molecule has 0 radical (unpaired) electrons. The zero-order chi connectivity index (χ0) is 21.3. The predicted molar refractivity (Wildman–Crippen MR) is 124 cm³/mol. The van der Waals surface area contributed by atoms with E-state index in [0.29, 0.717) is 27.1 Å². The fraction of sp³-hybridized carbons (Fsp3) is 0.409. The molecule has 4 nitrogen and oxygen atoms in total. The molecular weight excluding hydrogens is 422 g/mol. The third kappa shape index (κ3) is 4.80. The highest BCUT2D eigenvalue weighted by Crippen LogP contribution is 2.43. The summed E-state index contributed by atoms with van der Waals surface area (Å²) in [5, 5.41) is 16.8. The molecule has 0 fully saturated rings. The Morgan fingerprint density at radius 2 is 2.10 bits per heavy atom. The lowest BCUT2D eigenvalue weighted by molar-refractivity contribution is 0.0977. The van der Waals surface area contributed by atoms with E-state index in [1.807, 2.05) is 6.92 Å². The second-order valence-electron chi connectivity index (χ2n) is 8.50. The van der Waals surface area contributed by atoms with Gasteiger partial charge in [0.2, 0.25) is 0 Å². The molecule has 0 spiro atoms. The molecule has 3 rings (SSSR count). The number of fused-ring (bicyclic) bond motifs is 1. The number of benzene rings is 1. The smallest absolute Gasteiger partial charge is 0.257 e. The lowest BCUT2D eigenvalue weighted by Gasteiger charge is -2.33. The quantitative estimate of drug-likeness (QED) is 0.568. The summed E-state index contributed by atoms with van der Waals surface area (Å²) in [6.45, 7) is 8.68. The molecule has 0 aliphatic heterocycles. The van der Waals surface area contributed by atoms with Gasteiger partial charge in [0.1, 0.15) is 11.1 Å². The number of nitriles is 1. The molecular formula is C22H24ClN3OS2. The minimum atomic E-state index is -0.336. The molecule has 2 N–H and O–H groups in total. The fourth-order valence-electron chi connectivity index (χ4n) is 3.58. The summed E-state index contributed by atoms with van der Waals surface area (Å²) in [6, 6.07) is 7.43. The number of nitrogens with one attached hydrogen (secondary N) is 2. The topological polar surface area (TPSA) is 64.9 Å². The van der Waals surface area contributed by atoms with E-state index in [1.54, 1.807) is 29.5 Å². The van der Waals surface area contributed by atoms with Gasteiger partial charge in [-0.2, -0.15) is 5.26 Å². The van der Waals surface area contributed by atoms with Gasteiger partial charge in [-0.25, -0.2) is 0 Å². The van der Waals surface area contributed by atoms with Crippen LogP contribution in [-0.2, 0) is 12.8 Å². The van der Waals surface area contributed by atoms with Gasteiger partial charge in [0, 0.05) is 15.5 Å². The number of halogens is 1. The summed E-state index contributed by atoms with van der Waals surface area (Å²) in [5.74, 6) is 0.253. The average molecular weight is 446 g/mol. The van der Waals surface area contributed by atoms with Crippen LogP contribution in [0.4, 0.5) is 5.00 Å². The highest BCUT2D eigenvalue weighted by molar-refractivity contribution is 7.80. The van der Waals surface area contributed by atoms with E-state index in [2.05, 4.69) is 37.5 Å². The maximum atomic E-state index is 12.5. The third-order valence-corrected chi connectivity index (χ3v) is 7.27. The molecule has 0 saturated carbocycles. The highest BCUT2D eigenvalue weighted by Gasteiger charge is 2.32. The van der Waals surface area contributed by atoms with Crippen molar-refractivity contribution in [1.82, 2.24) is 5.32 Å². The number of carbonyl (C=O) groups is 1. The molecule has 152 valence electrons. The Bertz CT molecular complexity index is 1010. The second-order valence-corrected chi connectivity index (χ2v) is 10.4. The maximum Gasteiger partial charge on any atom is 0.257 e. The first-order chi connectivity index (χ1) is 13.6. The average Bonchev–Trinajstić information content (AvgIpc) is 2.98. The van der Waals surface area contributed by atoms with Crippen molar-refractivity contribution in [2.45, 2.75) is 47.0 Å². The van der Waals surface area contributed by atoms with Gasteiger partial charge < -0.3 is 5.32 Å². The van der Waals surface area contributed by atoms with E-state index < -0.39 is 0 Å². The van der Waals surface area contributed by atoms with Gasteiger partial charge in [-0.05, 0) is 73.0 Å². The van der Waals surface area contributed by atoms with Crippen LogP contribution in [0.2, 0.25) is 5.02 Å². The van der Waals surface area contributed by atoms with E-state index >= 15 is 0 Å². The molecule has 1 aliphatic rings. The number of hydrogen-bond donors (Lipinski definition) is 2. The fourth-order valence-corrected chi connectivity index (χ4v) is 5.30. The Labute approximate surface area is 186 Å². The summed E-state index contributed by atoms with van der Waals surface area (Å²) in [7, 11) is 0. The Balaban J connectivity index is 1.74. The maximum absolute atomic E-state index is 12.5. The summed E-state index contributed by atoms with van der Waals surface area (Å²) in [5.41, 5.74) is 3.34. The van der Waals surface area contributed by atoms with Gasteiger partial charge >= 0.3 is 0 Å². The largest absolute Gasteiger partial charge is 0.323 e. The minimum Gasteiger partial charge on any atom is -0.323 e. The van der Waals surface area contributed by atoms with Crippen molar-refractivity contribution in [2.75, 3.05) is 5.32 Å². The lowest BCUT2D eigenvalue weighted by atomic mass is 9.72. The van der Waals surface area contributed by atoms with Crippen LogP contribution >= 0.6 is 35.2 Å². The lowest BCUT2D eigenvalue weighted by Crippen LogP contribution is -2.34. The molecule has 1 aromatic carbocycles. The zero-order valence-corrected chi connectivity index (χ0v) is 19.4. The van der Waals surface area contributed by atoms with Crippen LogP contribution in [0, 0.1) is 29.6 Å². The highest BCUT2D eigenvalue weighted by atomic mass is 35.5. The number of thiocarbonyl (C=S) groups is 1. The van der Waals surface area contributed by atoms with Crippen LogP contribution in [0.5, 0.6) is 0 Å². The van der Waals surface area contributed by atoms with Gasteiger partial charge in [0.25, 0.3) is 5.91 Å². The van der Waals surface area contributed by atoms with Crippen molar-refractivity contribution in [1.29, 1.82) is 5.26 Å². The van der Waals surface area contributed by atoms with E-state index in [9.17, 15) is 10.1 Å². The predicted octanol–water partition coefficient (Wildman–Crippen LogP) is 5.86. The van der Waals surface area contributed by atoms with Crippen molar-refractivity contribution in [2.24, 2.45) is 11.3 Å². The molecule has 1 amide bonds. The molecule has 7 heteroatoms. The normalized spacial score (nSPS) is 15.9. The molecule has 2 aromatic rings. The number of anilines is 1. The van der Waals surface area contributed by atoms with Crippen LogP contribution in [0.3, 0.4) is 0 Å². The van der Waals surface area contributed by atoms with Gasteiger partial charge in [-0.15, -0.1) is 11.3 Å². The summed E-state index contributed by atoms with van der Waals surface area (Å²) < 4.78 is 0. The first kappa shape index (κ1) is 21.8. The zero-order valence-electron chi connectivity index (χ0n) is 17.0. The van der Waals surface area contributed by atoms with Crippen LogP contribution in [0.15, 0.2) is 18.2 Å². The van der Waals surface area contributed by atoms with Gasteiger partial charge in [-0.1, -0.05) is 38.4 Å². The van der Waals surface area contributed by atoms with Crippen LogP contribution < -0.4 is 10.6 Å². The number of nitrogens with zero attached hydrogens (tertiary/aromatic N) is 1. The van der Waals surface area contributed by atoms with E-state index in [4.69, 9.17) is 23.8 Å². The number of carbonyl (C=O) groups excluding carboxylic acids is 1. The molecule has 0 bridgehead atoms. The Morgan fingerprint density at radius 1 is 1.38 bits per heavy atom. The second kappa shape index (κ2) is 8.43. The van der Waals surface area contributed by atoms with Crippen molar-refractivity contribution in [3.63, 3.8) is 0 Å². The summed E-state index contributed by atoms with van der Waals surface area (Å²) >= 11 is 13.0. The molecule has 1 aromatic heterocycles. The van der Waals surface area contributed by atoms with Crippen molar-refractivity contribution < 1.29 is 4.79 Å². The van der Waals surface area contributed by atoms with Gasteiger partial charge in [-0.3, -0.25) is 10.1 Å². The van der Waals surface area contributed by atoms with Crippen LogP contribution in [-0.4, -0.2) is 11.0 Å². The van der Waals surface area contributed by atoms with Crippen molar-refractivity contribution in [3.8, 4) is 6.07 Å². The molecule has 1 heterocycles. The first-order valence-electron chi connectivity index (χ1n) is 9.53. The van der Waals surface area contributed by atoms with E-state index in [0.717, 1.165) is 30.4 Å². The van der Waals surface area contributed by atoms with Crippen molar-refractivity contribution in [3.05, 3.63) is 50.4 Å². The molecule has 1 atom stereocenters. The monoisotopic (exact) mass is 445 g/mol. The Morgan fingerprint density at radius 3 is 2.72 bits per heavy atom. The molecule has 1 aliphatic carbocycles. The molecule has 0 unspecified atom stereocenters. The minimum absolute atomic E-state index is 0.175. The van der Waals surface area contributed by atoms with Crippen molar-refractivity contribution >= 4 is 51.2 Å². The number of thiophene rings is 1. The Kier molecular flexibility index (Phi) is 6.33. The number of aryl methyl sites for hydroxylation is 1. The number of rotatable bonds is 2. The standard InChI is InChI=1S/C22H24ClN3OS2/c1-12-5-6-13(9-17(12)23)19(27)25-21(28)26-20-16(11-24)15-8-7-14(22(2,3)4)10-18(15)29-20/h5-6,9,14H,7-8,10H2,1-4H3,(H2,25,26,27,28)/t14-/m1/s1. The number of hydrogen-bond acceptors (Lipinski definition) is 4. The van der Waals surface area contributed by atoms with E-state index in [-0.39, 0.29) is 16.4 Å². The van der Waals surface area contributed by atoms with E-state index in [1.165, 1.54) is 4.88 Å². The van der Waals surface area contributed by atoms with Crippen LogP contribution in [0.1, 0.15) is 59.1 Å². The third-order valence-electron chi connectivity index (χ3n) is 5.49. The van der Waals surface area contributed by atoms with Crippen LogP contribution in [0.25, 0.3) is 0 Å². The summed E-state index contributed by atoms with van der Waals surface area (Å²) in [4.78, 5) is 13.7. The summed E-state index contributed by atoms with van der Waals surface area (Å²) in [6.07, 6.45) is 2.96. The number of amides is 1. The first-order valence-corrected chi connectivity index (χ1v) is 11.1. The Hall–Kier alpha value is -1.94. The van der Waals surface area contributed by atoms with Gasteiger partial charge in [0.05, 0.1) is 5.56 Å². The molecule has 0 saturated heterocycles. The van der Waals surface area contributed by atoms with Gasteiger partial charge in [0.15, 0.2) is 5.11 Å². The SMILES string of the molecule is Cc1ccc(C(=O)NC(=S)Nc2sc3c(c2C#N)CC[C@@H](C(C)(C)C)C3)cc1Cl. The molecule has 29 heavy (non-hydrogen) atoms.